The van der Waals surface area contributed by atoms with Gasteiger partial charge >= 0.3 is 0 Å². The van der Waals surface area contributed by atoms with Crippen LogP contribution in [0.3, 0.4) is 0 Å². The zero-order chi connectivity index (χ0) is 12.3. The monoisotopic (exact) mass is 220 g/mol. The fourth-order valence-electron chi connectivity index (χ4n) is 2.06. The summed E-state index contributed by atoms with van der Waals surface area (Å²) in [7, 11) is 6.29. The molecule has 0 radical (unpaired) electrons. The first-order valence-electron chi connectivity index (χ1n) is 5.81. The van der Waals surface area contributed by atoms with Crippen molar-refractivity contribution in [3.05, 3.63) is 35.4 Å². The summed E-state index contributed by atoms with van der Waals surface area (Å²) in [6.45, 7) is 6.70. The third-order valence-corrected chi connectivity index (χ3v) is 3.65. The van der Waals surface area contributed by atoms with E-state index in [4.69, 9.17) is 0 Å². The lowest BCUT2D eigenvalue weighted by atomic mass is 9.85. The minimum absolute atomic E-state index is 0.0842. The quantitative estimate of drug-likeness (QED) is 0.839. The van der Waals surface area contributed by atoms with Crippen LogP contribution >= 0.6 is 0 Å². The molecule has 0 aromatic heterocycles. The van der Waals surface area contributed by atoms with Crippen LogP contribution in [0, 0.1) is 6.92 Å². The van der Waals surface area contributed by atoms with Crippen LogP contribution in [-0.2, 0) is 0 Å². The van der Waals surface area contributed by atoms with Crippen LogP contribution in [0.15, 0.2) is 24.3 Å². The number of benzene rings is 1. The highest BCUT2D eigenvalue weighted by atomic mass is 15.2. The SMILES string of the molecule is CNC(c1ccccc1C)C(C)(C)N(C)C. The second-order valence-corrected chi connectivity index (χ2v) is 5.13. The number of likely N-dealkylation sites (N-methyl/N-ethyl adjacent to an activating group) is 2. The molecule has 1 aromatic rings. The third-order valence-electron chi connectivity index (χ3n) is 3.65. The van der Waals surface area contributed by atoms with Gasteiger partial charge in [-0.3, -0.25) is 0 Å². The summed E-state index contributed by atoms with van der Waals surface area (Å²) in [6, 6.07) is 8.92. The van der Waals surface area contributed by atoms with E-state index < -0.39 is 0 Å². The molecule has 0 aliphatic carbocycles. The van der Waals surface area contributed by atoms with Crippen molar-refractivity contribution in [1.82, 2.24) is 10.2 Å². The lowest BCUT2D eigenvalue weighted by Crippen LogP contribution is -2.48. The van der Waals surface area contributed by atoms with E-state index in [0.717, 1.165) is 0 Å². The van der Waals surface area contributed by atoms with Gasteiger partial charge in [-0.15, -0.1) is 0 Å². The molecule has 0 amide bonds. The predicted octanol–water partition coefficient (Wildman–Crippen LogP) is 2.60. The second-order valence-electron chi connectivity index (χ2n) is 5.13. The first-order valence-corrected chi connectivity index (χ1v) is 5.81. The molecule has 0 saturated heterocycles. The van der Waals surface area contributed by atoms with Crippen LogP contribution in [0.5, 0.6) is 0 Å². The van der Waals surface area contributed by atoms with Gasteiger partial charge in [-0.2, -0.15) is 0 Å². The highest BCUT2D eigenvalue weighted by Gasteiger charge is 2.32. The van der Waals surface area contributed by atoms with Crippen molar-refractivity contribution in [2.75, 3.05) is 21.1 Å². The fourth-order valence-corrected chi connectivity index (χ4v) is 2.06. The van der Waals surface area contributed by atoms with Gasteiger partial charge in [0.1, 0.15) is 0 Å². The maximum atomic E-state index is 3.44. The Kier molecular flexibility index (Phi) is 4.11. The number of hydrogen-bond donors (Lipinski definition) is 1. The Morgan fingerprint density at radius 1 is 1.19 bits per heavy atom. The van der Waals surface area contributed by atoms with Gasteiger partial charge in [0.25, 0.3) is 0 Å². The van der Waals surface area contributed by atoms with E-state index in [0.29, 0.717) is 6.04 Å². The Morgan fingerprint density at radius 3 is 2.19 bits per heavy atom. The van der Waals surface area contributed by atoms with E-state index in [1.54, 1.807) is 0 Å². The summed E-state index contributed by atoms with van der Waals surface area (Å²) in [5.41, 5.74) is 2.81. The molecule has 1 N–H and O–H groups in total. The van der Waals surface area contributed by atoms with Crippen molar-refractivity contribution >= 4 is 0 Å². The zero-order valence-electron chi connectivity index (χ0n) is 11.3. The molecule has 1 rings (SSSR count). The minimum Gasteiger partial charge on any atom is -0.311 e. The lowest BCUT2D eigenvalue weighted by Gasteiger charge is -2.41. The van der Waals surface area contributed by atoms with Gasteiger partial charge in [0.05, 0.1) is 6.04 Å². The van der Waals surface area contributed by atoms with Crippen LogP contribution in [0.1, 0.15) is 31.0 Å². The first kappa shape index (κ1) is 13.2. The van der Waals surface area contributed by atoms with Crippen molar-refractivity contribution in [1.29, 1.82) is 0 Å². The topological polar surface area (TPSA) is 15.3 Å². The van der Waals surface area contributed by atoms with Gasteiger partial charge in [-0.05, 0) is 53.0 Å². The van der Waals surface area contributed by atoms with E-state index in [2.05, 4.69) is 69.3 Å². The number of nitrogens with zero attached hydrogens (tertiary/aromatic N) is 1. The molecule has 0 bridgehead atoms. The zero-order valence-corrected chi connectivity index (χ0v) is 11.3. The molecule has 0 aliphatic rings. The van der Waals surface area contributed by atoms with Crippen LogP contribution < -0.4 is 5.32 Å². The first-order chi connectivity index (χ1) is 7.41. The molecule has 0 heterocycles. The largest absolute Gasteiger partial charge is 0.311 e. The smallest absolute Gasteiger partial charge is 0.0501 e. The van der Waals surface area contributed by atoms with Gasteiger partial charge in [-0.1, -0.05) is 24.3 Å². The molecule has 2 nitrogen and oxygen atoms in total. The molecular formula is C14H24N2. The molecule has 0 fully saturated rings. The Bertz CT molecular complexity index is 342. The molecule has 16 heavy (non-hydrogen) atoms. The van der Waals surface area contributed by atoms with E-state index in [9.17, 15) is 0 Å². The number of nitrogens with one attached hydrogen (secondary N) is 1. The molecule has 2 heteroatoms. The van der Waals surface area contributed by atoms with Crippen molar-refractivity contribution in [3.8, 4) is 0 Å². The highest BCUT2D eigenvalue weighted by molar-refractivity contribution is 5.31. The summed E-state index contributed by atoms with van der Waals surface area (Å²) in [5.74, 6) is 0. The van der Waals surface area contributed by atoms with E-state index in [1.807, 2.05) is 7.05 Å². The number of hydrogen-bond acceptors (Lipinski definition) is 2. The average Bonchev–Trinajstić information content (AvgIpc) is 2.21. The standard InChI is InChI=1S/C14H24N2/c1-11-9-7-8-10-12(11)13(15-4)14(2,3)16(5)6/h7-10,13,15H,1-6H3. The molecule has 0 aliphatic heterocycles. The normalized spacial score (nSPS) is 14.2. The van der Waals surface area contributed by atoms with E-state index in [1.165, 1.54) is 11.1 Å². The number of aryl methyl sites for hydroxylation is 1. The molecule has 0 saturated carbocycles. The third kappa shape index (κ3) is 2.45. The van der Waals surface area contributed by atoms with Crippen molar-refractivity contribution < 1.29 is 0 Å². The molecule has 1 atom stereocenters. The van der Waals surface area contributed by atoms with Crippen LogP contribution in [-0.4, -0.2) is 31.6 Å². The van der Waals surface area contributed by atoms with Crippen LogP contribution in [0.25, 0.3) is 0 Å². The maximum Gasteiger partial charge on any atom is 0.0501 e. The summed E-state index contributed by atoms with van der Waals surface area (Å²) in [6.07, 6.45) is 0. The fraction of sp³-hybridized carbons (Fsp3) is 0.571. The van der Waals surface area contributed by atoms with E-state index in [-0.39, 0.29) is 5.54 Å². The Labute approximate surface area is 99.7 Å². The lowest BCUT2D eigenvalue weighted by molar-refractivity contribution is 0.142. The molecule has 1 unspecified atom stereocenters. The Morgan fingerprint density at radius 2 is 1.75 bits per heavy atom. The predicted molar refractivity (Wildman–Crippen MR) is 70.7 cm³/mol. The minimum atomic E-state index is 0.0842. The van der Waals surface area contributed by atoms with Gasteiger partial charge < -0.3 is 10.2 Å². The van der Waals surface area contributed by atoms with Gasteiger partial charge in [0, 0.05) is 5.54 Å². The molecule has 90 valence electrons. The van der Waals surface area contributed by atoms with Crippen molar-refractivity contribution in [3.63, 3.8) is 0 Å². The summed E-state index contributed by atoms with van der Waals surface area (Å²) in [4.78, 5) is 2.26. The molecular weight excluding hydrogens is 196 g/mol. The molecule has 0 spiro atoms. The summed E-state index contributed by atoms with van der Waals surface area (Å²) in [5, 5.41) is 3.44. The van der Waals surface area contributed by atoms with Crippen molar-refractivity contribution in [2.45, 2.75) is 32.4 Å². The van der Waals surface area contributed by atoms with Crippen molar-refractivity contribution in [2.24, 2.45) is 0 Å². The Balaban J connectivity index is 3.13. The van der Waals surface area contributed by atoms with Crippen LogP contribution in [0.2, 0.25) is 0 Å². The maximum absolute atomic E-state index is 3.44. The van der Waals surface area contributed by atoms with Gasteiger partial charge in [0.15, 0.2) is 0 Å². The van der Waals surface area contributed by atoms with Gasteiger partial charge in [0.2, 0.25) is 0 Å². The number of rotatable bonds is 4. The summed E-state index contributed by atoms with van der Waals surface area (Å²) < 4.78 is 0. The summed E-state index contributed by atoms with van der Waals surface area (Å²) >= 11 is 0. The van der Waals surface area contributed by atoms with Crippen LogP contribution in [0.4, 0.5) is 0 Å². The Hall–Kier alpha value is -0.860. The molecule has 1 aromatic carbocycles. The highest BCUT2D eigenvalue weighted by Crippen LogP contribution is 2.30. The van der Waals surface area contributed by atoms with Gasteiger partial charge in [-0.25, -0.2) is 0 Å². The van der Waals surface area contributed by atoms with E-state index >= 15 is 0 Å². The average molecular weight is 220 g/mol. The second kappa shape index (κ2) is 4.98.